The molecule has 0 atom stereocenters. The highest BCUT2D eigenvalue weighted by Crippen LogP contribution is 2.19. The Morgan fingerprint density at radius 2 is 1.85 bits per heavy atom. The lowest BCUT2D eigenvalue weighted by atomic mass is 10.1. The van der Waals surface area contributed by atoms with E-state index in [2.05, 4.69) is 11.1 Å². The number of imidazole rings is 1. The van der Waals surface area contributed by atoms with Gasteiger partial charge in [-0.2, -0.15) is 5.26 Å². The molecule has 4 heteroatoms. The summed E-state index contributed by atoms with van der Waals surface area (Å²) >= 11 is 5.90. The molecule has 0 fully saturated rings. The highest BCUT2D eigenvalue weighted by atomic mass is 35.5. The maximum absolute atomic E-state index is 9.01. The molecule has 0 amide bonds. The molecule has 98 valence electrons. The lowest BCUT2D eigenvalue weighted by Crippen LogP contribution is -2.03. The molecule has 0 aliphatic carbocycles. The fourth-order valence-corrected chi connectivity index (χ4v) is 2.42. The van der Waals surface area contributed by atoms with Crippen LogP contribution in [-0.4, -0.2) is 9.55 Å². The molecular weight excluding hydrogens is 270 g/mol. The van der Waals surface area contributed by atoms with Crippen molar-refractivity contribution in [2.24, 2.45) is 0 Å². The SMILES string of the molecule is N#CCn1c(Cc2ccc(Cl)cc2)nc2ccccc21. The van der Waals surface area contributed by atoms with Crippen LogP contribution in [0.4, 0.5) is 0 Å². The third-order valence-corrected chi connectivity index (χ3v) is 3.49. The molecule has 0 N–H and O–H groups in total. The van der Waals surface area contributed by atoms with Crippen LogP contribution in [0.2, 0.25) is 5.02 Å². The molecular formula is C16H12ClN3. The van der Waals surface area contributed by atoms with Gasteiger partial charge < -0.3 is 4.57 Å². The summed E-state index contributed by atoms with van der Waals surface area (Å²) in [5.41, 5.74) is 3.05. The third-order valence-electron chi connectivity index (χ3n) is 3.24. The summed E-state index contributed by atoms with van der Waals surface area (Å²) in [6, 6.07) is 17.8. The maximum Gasteiger partial charge on any atom is 0.115 e. The molecule has 0 unspecified atom stereocenters. The summed E-state index contributed by atoms with van der Waals surface area (Å²) in [4.78, 5) is 4.63. The van der Waals surface area contributed by atoms with E-state index in [0.29, 0.717) is 13.0 Å². The molecule has 3 aromatic rings. The van der Waals surface area contributed by atoms with Gasteiger partial charge in [0.25, 0.3) is 0 Å². The number of nitrogens with zero attached hydrogens (tertiary/aromatic N) is 3. The molecule has 0 saturated carbocycles. The van der Waals surface area contributed by atoms with Crippen LogP contribution in [0.1, 0.15) is 11.4 Å². The molecule has 0 bridgehead atoms. The molecule has 0 radical (unpaired) electrons. The first kappa shape index (κ1) is 12.7. The van der Waals surface area contributed by atoms with E-state index in [0.717, 1.165) is 27.4 Å². The van der Waals surface area contributed by atoms with Gasteiger partial charge in [0.15, 0.2) is 0 Å². The molecule has 0 saturated heterocycles. The third kappa shape index (κ3) is 2.38. The van der Waals surface area contributed by atoms with Crippen LogP contribution in [0, 0.1) is 11.3 Å². The number of para-hydroxylation sites is 2. The molecule has 2 aromatic carbocycles. The van der Waals surface area contributed by atoms with E-state index in [1.54, 1.807) is 0 Å². The van der Waals surface area contributed by atoms with Crippen molar-refractivity contribution in [2.75, 3.05) is 0 Å². The quantitative estimate of drug-likeness (QED) is 0.733. The van der Waals surface area contributed by atoms with E-state index in [1.165, 1.54) is 0 Å². The van der Waals surface area contributed by atoms with Crippen molar-refractivity contribution in [3.05, 3.63) is 64.9 Å². The Morgan fingerprint density at radius 1 is 1.10 bits per heavy atom. The average Bonchev–Trinajstić information content (AvgIpc) is 2.80. The van der Waals surface area contributed by atoms with Gasteiger partial charge in [-0.25, -0.2) is 4.98 Å². The van der Waals surface area contributed by atoms with E-state index < -0.39 is 0 Å². The summed E-state index contributed by atoms with van der Waals surface area (Å²) in [7, 11) is 0. The van der Waals surface area contributed by atoms with Crippen LogP contribution in [-0.2, 0) is 13.0 Å². The second-order valence-corrected chi connectivity index (χ2v) is 5.00. The van der Waals surface area contributed by atoms with Gasteiger partial charge in [-0.1, -0.05) is 35.9 Å². The van der Waals surface area contributed by atoms with E-state index in [4.69, 9.17) is 16.9 Å². The first-order valence-electron chi connectivity index (χ1n) is 6.33. The Kier molecular flexibility index (Phi) is 3.41. The predicted molar refractivity (Wildman–Crippen MR) is 79.6 cm³/mol. The lowest BCUT2D eigenvalue weighted by molar-refractivity contribution is 0.787. The maximum atomic E-state index is 9.01. The van der Waals surface area contributed by atoms with Gasteiger partial charge in [-0.05, 0) is 29.8 Å². The minimum absolute atomic E-state index is 0.309. The Balaban J connectivity index is 2.04. The van der Waals surface area contributed by atoms with Gasteiger partial charge >= 0.3 is 0 Å². The van der Waals surface area contributed by atoms with Gasteiger partial charge in [0.05, 0.1) is 17.1 Å². The smallest absolute Gasteiger partial charge is 0.115 e. The van der Waals surface area contributed by atoms with Gasteiger partial charge in [0.1, 0.15) is 12.4 Å². The Labute approximate surface area is 122 Å². The standard InChI is InChI=1S/C16H12ClN3/c17-13-7-5-12(6-8-13)11-16-19-14-3-1-2-4-15(14)20(16)10-9-18/h1-8H,10-11H2. The van der Waals surface area contributed by atoms with Crippen LogP contribution in [0.5, 0.6) is 0 Å². The minimum atomic E-state index is 0.309. The van der Waals surface area contributed by atoms with Crippen molar-refractivity contribution < 1.29 is 0 Å². The monoisotopic (exact) mass is 281 g/mol. The molecule has 20 heavy (non-hydrogen) atoms. The summed E-state index contributed by atoms with van der Waals surface area (Å²) in [5.74, 6) is 0.898. The van der Waals surface area contributed by atoms with Crippen LogP contribution >= 0.6 is 11.6 Å². The Hall–Kier alpha value is -2.31. The molecule has 0 aliphatic heterocycles. The van der Waals surface area contributed by atoms with Crippen molar-refractivity contribution in [1.29, 1.82) is 5.26 Å². The fraction of sp³-hybridized carbons (Fsp3) is 0.125. The lowest BCUT2D eigenvalue weighted by Gasteiger charge is -2.05. The van der Waals surface area contributed by atoms with Crippen LogP contribution in [0.3, 0.4) is 0 Å². The number of fused-ring (bicyclic) bond motifs is 1. The van der Waals surface area contributed by atoms with Crippen molar-refractivity contribution >= 4 is 22.6 Å². The number of rotatable bonds is 3. The van der Waals surface area contributed by atoms with E-state index in [1.807, 2.05) is 53.1 Å². The number of halogens is 1. The second-order valence-electron chi connectivity index (χ2n) is 4.56. The number of hydrogen-bond donors (Lipinski definition) is 0. The van der Waals surface area contributed by atoms with Crippen molar-refractivity contribution in [3.63, 3.8) is 0 Å². The van der Waals surface area contributed by atoms with Gasteiger partial charge in [0, 0.05) is 11.4 Å². The highest BCUT2D eigenvalue weighted by Gasteiger charge is 2.10. The molecule has 1 heterocycles. The summed E-state index contributed by atoms with van der Waals surface area (Å²) in [6.07, 6.45) is 0.688. The van der Waals surface area contributed by atoms with Crippen molar-refractivity contribution in [2.45, 2.75) is 13.0 Å². The van der Waals surface area contributed by atoms with Crippen LogP contribution in [0.15, 0.2) is 48.5 Å². The average molecular weight is 282 g/mol. The first-order valence-corrected chi connectivity index (χ1v) is 6.71. The van der Waals surface area contributed by atoms with E-state index in [-0.39, 0.29) is 0 Å². The van der Waals surface area contributed by atoms with Crippen LogP contribution in [0.25, 0.3) is 11.0 Å². The molecule has 3 rings (SSSR count). The second kappa shape index (κ2) is 5.36. The number of nitriles is 1. The fourth-order valence-electron chi connectivity index (χ4n) is 2.29. The zero-order valence-corrected chi connectivity index (χ0v) is 11.5. The summed E-state index contributed by atoms with van der Waals surface area (Å²) in [5, 5.41) is 9.73. The minimum Gasteiger partial charge on any atom is -0.314 e. The van der Waals surface area contributed by atoms with Crippen molar-refractivity contribution in [1.82, 2.24) is 9.55 Å². The van der Waals surface area contributed by atoms with E-state index >= 15 is 0 Å². The first-order chi connectivity index (χ1) is 9.78. The zero-order valence-electron chi connectivity index (χ0n) is 10.8. The van der Waals surface area contributed by atoms with Crippen molar-refractivity contribution in [3.8, 4) is 6.07 Å². The summed E-state index contributed by atoms with van der Waals surface area (Å²) in [6.45, 7) is 0.309. The number of aromatic nitrogens is 2. The summed E-state index contributed by atoms with van der Waals surface area (Å²) < 4.78 is 1.96. The Morgan fingerprint density at radius 3 is 2.60 bits per heavy atom. The largest absolute Gasteiger partial charge is 0.314 e. The number of benzene rings is 2. The molecule has 0 aliphatic rings. The highest BCUT2D eigenvalue weighted by molar-refractivity contribution is 6.30. The van der Waals surface area contributed by atoms with Gasteiger partial charge in [0.2, 0.25) is 0 Å². The Bertz CT molecular complexity index is 782. The van der Waals surface area contributed by atoms with Gasteiger partial charge in [-0.3, -0.25) is 0 Å². The molecule has 1 aromatic heterocycles. The zero-order chi connectivity index (χ0) is 13.9. The van der Waals surface area contributed by atoms with Gasteiger partial charge in [-0.15, -0.1) is 0 Å². The number of hydrogen-bond acceptors (Lipinski definition) is 2. The normalized spacial score (nSPS) is 10.6. The topological polar surface area (TPSA) is 41.6 Å². The molecule has 0 spiro atoms. The van der Waals surface area contributed by atoms with Crippen LogP contribution < -0.4 is 0 Å². The van der Waals surface area contributed by atoms with E-state index in [9.17, 15) is 0 Å². The predicted octanol–water partition coefficient (Wildman–Crippen LogP) is 3.80. The molecule has 3 nitrogen and oxygen atoms in total.